The molecule has 1 aromatic rings. The first-order valence-corrected chi connectivity index (χ1v) is 3.61. The van der Waals surface area contributed by atoms with Gasteiger partial charge in [0.15, 0.2) is 0 Å². The van der Waals surface area contributed by atoms with Crippen LogP contribution in [0.4, 0.5) is 0 Å². The van der Waals surface area contributed by atoms with E-state index >= 15 is 0 Å². The fourth-order valence-corrected chi connectivity index (χ4v) is 1.26. The second-order valence-corrected chi connectivity index (χ2v) is 2.40. The Morgan fingerprint density at radius 3 is 3.20 bits per heavy atom. The Balaban J connectivity index is 2.68. The van der Waals surface area contributed by atoms with Crippen molar-refractivity contribution in [3.8, 4) is 0 Å². The van der Waals surface area contributed by atoms with Gasteiger partial charge in [0.25, 0.3) is 0 Å². The van der Waals surface area contributed by atoms with E-state index in [9.17, 15) is 0 Å². The molecule has 1 heterocycles. The first kappa shape index (κ1) is 5.59. The van der Waals surface area contributed by atoms with Crippen molar-refractivity contribution in [2.45, 2.75) is 0 Å². The first-order chi connectivity index (χ1) is 4.97. The molecule has 0 saturated carbocycles. The SMILES string of the molecule is C1=CC=Cc2nsnc2C=1. The van der Waals surface area contributed by atoms with Crippen LogP contribution in [0.3, 0.4) is 0 Å². The van der Waals surface area contributed by atoms with Crippen LogP contribution in [0.25, 0.3) is 12.2 Å². The van der Waals surface area contributed by atoms with E-state index in [0.29, 0.717) is 0 Å². The lowest BCUT2D eigenvalue weighted by molar-refractivity contribution is 1.44. The van der Waals surface area contributed by atoms with Gasteiger partial charge < -0.3 is 0 Å². The number of hydrogen-bond acceptors (Lipinski definition) is 3. The smallest absolute Gasteiger partial charge is 0.112 e. The summed E-state index contributed by atoms with van der Waals surface area (Å²) < 4.78 is 8.13. The highest BCUT2D eigenvalue weighted by Crippen LogP contribution is 2.10. The van der Waals surface area contributed by atoms with Gasteiger partial charge in [0.2, 0.25) is 0 Å². The van der Waals surface area contributed by atoms with Crippen molar-refractivity contribution in [3.63, 3.8) is 0 Å². The van der Waals surface area contributed by atoms with Crippen molar-refractivity contribution in [1.29, 1.82) is 0 Å². The Morgan fingerprint density at radius 2 is 2.20 bits per heavy atom. The van der Waals surface area contributed by atoms with Crippen LogP contribution in [0, 0.1) is 0 Å². The van der Waals surface area contributed by atoms with E-state index in [2.05, 4.69) is 14.5 Å². The molecule has 1 aliphatic rings. The largest absolute Gasteiger partial charge is 0.173 e. The molecule has 2 rings (SSSR count). The minimum absolute atomic E-state index is 0.912. The van der Waals surface area contributed by atoms with E-state index in [-0.39, 0.29) is 0 Å². The molecule has 0 aliphatic heterocycles. The number of rotatable bonds is 0. The van der Waals surface area contributed by atoms with Crippen molar-refractivity contribution in [2.24, 2.45) is 0 Å². The maximum atomic E-state index is 4.07. The molecule has 0 aromatic carbocycles. The van der Waals surface area contributed by atoms with E-state index in [0.717, 1.165) is 11.4 Å². The van der Waals surface area contributed by atoms with E-state index in [1.54, 1.807) is 0 Å². The normalized spacial score (nSPS) is 13.2. The molecule has 0 radical (unpaired) electrons. The Morgan fingerprint density at radius 1 is 1.30 bits per heavy atom. The summed E-state index contributed by atoms with van der Waals surface area (Å²) in [4.78, 5) is 0. The Hall–Kier alpha value is -1.18. The molecule has 0 spiro atoms. The van der Waals surface area contributed by atoms with Crippen LogP contribution in [-0.4, -0.2) is 8.75 Å². The van der Waals surface area contributed by atoms with Gasteiger partial charge in [-0.15, -0.1) is 5.73 Å². The van der Waals surface area contributed by atoms with Crippen LogP contribution in [0.2, 0.25) is 0 Å². The highest BCUT2D eigenvalue weighted by atomic mass is 32.1. The Kier molecular flexibility index (Phi) is 1.24. The third kappa shape index (κ3) is 0.817. The lowest BCUT2D eigenvalue weighted by Crippen LogP contribution is -1.73. The summed E-state index contributed by atoms with van der Waals surface area (Å²) in [5.74, 6) is 0. The molecule has 0 N–H and O–H groups in total. The van der Waals surface area contributed by atoms with Gasteiger partial charge in [0.1, 0.15) is 11.4 Å². The van der Waals surface area contributed by atoms with Crippen LogP contribution in [0.5, 0.6) is 0 Å². The van der Waals surface area contributed by atoms with Crippen LogP contribution in [0.1, 0.15) is 11.4 Å². The molecule has 0 unspecified atom stereocenters. The molecular formula is C7H4N2S. The lowest BCUT2D eigenvalue weighted by atomic mass is 10.3. The summed E-state index contributed by atoms with van der Waals surface area (Å²) in [5.41, 5.74) is 4.81. The number of hydrogen-bond donors (Lipinski definition) is 0. The average Bonchev–Trinajstić information content (AvgIpc) is 2.28. The highest BCUT2D eigenvalue weighted by molar-refractivity contribution is 6.99. The molecule has 1 aliphatic carbocycles. The minimum atomic E-state index is 0.912. The third-order valence-corrected chi connectivity index (χ3v) is 1.76. The molecule has 0 amide bonds. The number of allylic oxidation sites excluding steroid dienone is 2. The van der Waals surface area contributed by atoms with Gasteiger partial charge in [0, 0.05) is 6.08 Å². The molecule has 3 heteroatoms. The zero-order valence-corrected chi connectivity index (χ0v) is 5.93. The molecular weight excluding hydrogens is 144 g/mol. The topological polar surface area (TPSA) is 25.8 Å². The minimum Gasteiger partial charge on any atom is -0.173 e. The van der Waals surface area contributed by atoms with Gasteiger partial charge in [0.05, 0.1) is 11.7 Å². The molecule has 2 nitrogen and oxygen atoms in total. The van der Waals surface area contributed by atoms with Gasteiger partial charge in [-0.3, -0.25) is 0 Å². The fraction of sp³-hybridized carbons (Fsp3) is 0. The van der Waals surface area contributed by atoms with Crippen LogP contribution in [-0.2, 0) is 0 Å². The second-order valence-electron chi connectivity index (χ2n) is 1.87. The Labute approximate surface area is 62.5 Å². The van der Waals surface area contributed by atoms with Gasteiger partial charge in [-0.25, -0.2) is 0 Å². The quantitative estimate of drug-likeness (QED) is 0.524. The number of nitrogens with zero attached hydrogens (tertiary/aromatic N) is 2. The van der Waals surface area contributed by atoms with Gasteiger partial charge in [-0.1, -0.05) is 6.08 Å². The molecule has 0 atom stereocenters. The van der Waals surface area contributed by atoms with E-state index in [1.165, 1.54) is 11.7 Å². The highest BCUT2D eigenvalue weighted by Gasteiger charge is 2.00. The first-order valence-electron chi connectivity index (χ1n) is 2.88. The molecule has 1 aromatic heterocycles. The summed E-state index contributed by atoms with van der Waals surface area (Å²) in [6, 6.07) is 0. The standard InChI is InChI=1S/C7H4N2S/c1-2-4-6-7(5-3-1)9-10-8-6/h1-2,4-5H. The maximum absolute atomic E-state index is 4.07. The van der Waals surface area contributed by atoms with Crippen LogP contribution < -0.4 is 0 Å². The van der Waals surface area contributed by atoms with Crippen LogP contribution >= 0.6 is 11.7 Å². The summed E-state index contributed by atoms with van der Waals surface area (Å²) in [7, 11) is 0. The van der Waals surface area contributed by atoms with Gasteiger partial charge in [-0.05, 0) is 12.2 Å². The molecule has 0 bridgehead atoms. The fourth-order valence-electron chi connectivity index (χ4n) is 0.740. The van der Waals surface area contributed by atoms with Crippen molar-refractivity contribution in [3.05, 3.63) is 29.3 Å². The second kappa shape index (κ2) is 2.21. The predicted molar refractivity (Wildman–Crippen MR) is 41.5 cm³/mol. The summed E-state index contributed by atoms with van der Waals surface area (Å²) in [6.07, 6.45) is 7.51. The van der Waals surface area contributed by atoms with E-state index in [1.807, 2.05) is 24.3 Å². The average molecular weight is 148 g/mol. The van der Waals surface area contributed by atoms with Gasteiger partial charge in [-0.2, -0.15) is 8.75 Å². The number of fused-ring (bicyclic) bond motifs is 1. The zero-order chi connectivity index (χ0) is 6.81. The molecule has 10 heavy (non-hydrogen) atoms. The van der Waals surface area contributed by atoms with E-state index in [4.69, 9.17) is 0 Å². The monoisotopic (exact) mass is 148 g/mol. The lowest BCUT2D eigenvalue weighted by Gasteiger charge is -1.79. The molecule has 0 fully saturated rings. The van der Waals surface area contributed by atoms with Crippen LogP contribution in [0.15, 0.2) is 17.9 Å². The number of aromatic nitrogens is 2. The van der Waals surface area contributed by atoms with Crippen molar-refractivity contribution in [2.75, 3.05) is 0 Å². The van der Waals surface area contributed by atoms with Crippen molar-refractivity contribution < 1.29 is 0 Å². The van der Waals surface area contributed by atoms with Crippen molar-refractivity contribution in [1.82, 2.24) is 8.75 Å². The summed E-state index contributed by atoms with van der Waals surface area (Å²) in [5, 5.41) is 0. The molecule has 0 saturated heterocycles. The third-order valence-electron chi connectivity index (χ3n) is 1.21. The summed E-state index contributed by atoms with van der Waals surface area (Å²) in [6.45, 7) is 0. The van der Waals surface area contributed by atoms with Crippen molar-refractivity contribution >= 4 is 23.9 Å². The Bertz CT molecular complexity index is 329. The molecule has 48 valence electrons. The zero-order valence-electron chi connectivity index (χ0n) is 5.11. The summed E-state index contributed by atoms with van der Waals surface area (Å²) >= 11 is 1.23. The van der Waals surface area contributed by atoms with Gasteiger partial charge >= 0.3 is 0 Å². The van der Waals surface area contributed by atoms with E-state index < -0.39 is 0 Å². The maximum Gasteiger partial charge on any atom is 0.112 e. The predicted octanol–water partition coefficient (Wildman–Crippen LogP) is 1.73.